The van der Waals surface area contributed by atoms with Crippen molar-refractivity contribution in [1.29, 1.82) is 0 Å². The highest BCUT2D eigenvalue weighted by molar-refractivity contribution is 8.00. The summed E-state index contributed by atoms with van der Waals surface area (Å²) in [4.78, 5) is 35.3. The van der Waals surface area contributed by atoms with Crippen molar-refractivity contribution in [2.24, 2.45) is 0 Å². The molecule has 0 fully saturated rings. The molecule has 0 aliphatic rings. The number of carboxylic acid groups (broad SMARTS) is 1. The van der Waals surface area contributed by atoms with Gasteiger partial charge in [-0.1, -0.05) is 0 Å². The predicted octanol–water partition coefficient (Wildman–Crippen LogP) is 1.03. The first kappa shape index (κ1) is 17.5. The van der Waals surface area contributed by atoms with Crippen molar-refractivity contribution < 1.29 is 19.5 Å². The Morgan fingerprint density at radius 2 is 2.19 bits per heavy atom. The Hall–Kier alpha value is -1.54. The Labute approximate surface area is 131 Å². The molecule has 0 aliphatic heterocycles. The first-order valence-electron chi connectivity index (χ1n) is 6.23. The number of nitrogens with one attached hydrogen (secondary N) is 1. The Morgan fingerprint density at radius 1 is 1.48 bits per heavy atom. The first-order chi connectivity index (χ1) is 9.90. The third-order valence-corrected chi connectivity index (χ3v) is 4.36. The second-order valence-corrected chi connectivity index (χ2v) is 6.30. The fourth-order valence-electron chi connectivity index (χ4n) is 1.54. The number of aliphatic carboxylic acids is 1. The van der Waals surface area contributed by atoms with Crippen LogP contribution in [0.3, 0.4) is 0 Å². The Kier molecular flexibility index (Phi) is 7.24. The van der Waals surface area contributed by atoms with Crippen molar-refractivity contribution in [3.05, 3.63) is 22.4 Å². The zero-order valence-electron chi connectivity index (χ0n) is 11.9. The lowest BCUT2D eigenvalue weighted by Crippen LogP contribution is -2.41. The number of thioether (sulfide) groups is 1. The first-order valence-corrected chi connectivity index (χ1v) is 8.32. The molecule has 21 heavy (non-hydrogen) atoms. The zero-order valence-corrected chi connectivity index (χ0v) is 13.5. The minimum Gasteiger partial charge on any atom is -0.480 e. The van der Waals surface area contributed by atoms with Gasteiger partial charge >= 0.3 is 5.97 Å². The smallest absolute Gasteiger partial charge is 0.327 e. The second kappa shape index (κ2) is 8.68. The van der Waals surface area contributed by atoms with Crippen LogP contribution in [0.4, 0.5) is 0 Å². The van der Waals surface area contributed by atoms with Crippen molar-refractivity contribution in [3.8, 4) is 0 Å². The molecule has 1 rings (SSSR count). The van der Waals surface area contributed by atoms with E-state index in [1.807, 2.05) is 16.8 Å². The number of hydrogen-bond donors (Lipinski definition) is 2. The fourth-order valence-corrected chi connectivity index (χ4v) is 3.17. The SMILES string of the molecule is CC(=O)N[C@@H](CSCC(=O)N(C)Cc1ccsc1)C(=O)O. The highest BCUT2D eigenvalue weighted by Gasteiger charge is 2.19. The molecule has 0 unspecified atom stereocenters. The summed E-state index contributed by atoms with van der Waals surface area (Å²) in [6.07, 6.45) is 0. The number of hydrogen-bond acceptors (Lipinski definition) is 5. The normalized spacial score (nSPS) is 11.7. The lowest BCUT2D eigenvalue weighted by molar-refractivity contribution is -0.140. The minimum atomic E-state index is -1.10. The Balaban J connectivity index is 2.34. The van der Waals surface area contributed by atoms with Gasteiger partial charge in [0.2, 0.25) is 11.8 Å². The quantitative estimate of drug-likeness (QED) is 0.743. The van der Waals surface area contributed by atoms with Crippen LogP contribution in [-0.2, 0) is 20.9 Å². The number of nitrogens with zero attached hydrogens (tertiary/aromatic N) is 1. The van der Waals surface area contributed by atoms with Gasteiger partial charge < -0.3 is 15.3 Å². The highest BCUT2D eigenvalue weighted by atomic mass is 32.2. The van der Waals surface area contributed by atoms with E-state index in [4.69, 9.17) is 5.11 Å². The molecule has 0 saturated heterocycles. The fraction of sp³-hybridized carbons (Fsp3) is 0.462. The molecule has 6 nitrogen and oxygen atoms in total. The monoisotopic (exact) mass is 330 g/mol. The van der Waals surface area contributed by atoms with Gasteiger partial charge in [0.25, 0.3) is 0 Å². The maximum absolute atomic E-state index is 11.9. The van der Waals surface area contributed by atoms with Gasteiger partial charge in [0.15, 0.2) is 0 Å². The summed E-state index contributed by atoms with van der Waals surface area (Å²) in [5, 5.41) is 15.2. The molecule has 0 spiro atoms. The number of rotatable bonds is 8. The number of carboxylic acids is 1. The summed E-state index contributed by atoms with van der Waals surface area (Å²) in [7, 11) is 1.71. The molecular formula is C13H18N2O4S2. The van der Waals surface area contributed by atoms with Crippen LogP contribution >= 0.6 is 23.1 Å². The zero-order chi connectivity index (χ0) is 15.8. The van der Waals surface area contributed by atoms with Crippen molar-refractivity contribution in [2.45, 2.75) is 19.5 Å². The van der Waals surface area contributed by atoms with Gasteiger partial charge in [-0.2, -0.15) is 11.3 Å². The molecule has 1 aromatic heterocycles. The average Bonchev–Trinajstić information content (AvgIpc) is 2.89. The van der Waals surface area contributed by atoms with Crippen LogP contribution in [0.15, 0.2) is 16.8 Å². The topological polar surface area (TPSA) is 86.7 Å². The molecular weight excluding hydrogens is 312 g/mol. The van der Waals surface area contributed by atoms with Gasteiger partial charge in [-0.15, -0.1) is 11.8 Å². The Bertz CT molecular complexity index is 490. The van der Waals surface area contributed by atoms with E-state index < -0.39 is 17.9 Å². The van der Waals surface area contributed by atoms with E-state index in [9.17, 15) is 14.4 Å². The van der Waals surface area contributed by atoms with E-state index in [-0.39, 0.29) is 17.4 Å². The lowest BCUT2D eigenvalue weighted by atomic mass is 10.3. The number of thiophene rings is 1. The number of amides is 2. The van der Waals surface area contributed by atoms with Gasteiger partial charge in [-0.3, -0.25) is 9.59 Å². The molecule has 1 atom stereocenters. The van der Waals surface area contributed by atoms with Crippen LogP contribution in [0, 0.1) is 0 Å². The van der Waals surface area contributed by atoms with Crippen LogP contribution in [-0.4, -0.2) is 52.4 Å². The van der Waals surface area contributed by atoms with Crippen molar-refractivity contribution >= 4 is 40.9 Å². The van der Waals surface area contributed by atoms with Crippen molar-refractivity contribution in [1.82, 2.24) is 10.2 Å². The van der Waals surface area contributed by atoms with Gasteiger partial charge in [0.1, 0.15) is 6.04 Å². The van der Waals surface area contributed by atoms with Crippen LogP contribution in [0.5, 0.6) is 0 Å². The molecule has 2 N–H and O–H groups in total. The summed E-state index contributed by atoms with van der Waals surface area (Å²) in [6, 6.07) is 0.987. The molecule has 0 aromatic carbocycles. The summed E-state index contributed by atoms with van der Waals surface area (Å²) in [5.41, 5.74) is 1.07. The summed E-state index contributed by atoms with van der Waals surface area (Å²) < 4.78 is 0. The number of carbonyl (C=O) groups excluding carboxylic acids is 2. The predicted molar refractivity (Wildman–Crippen MR) is 83.4 cm³/mol. The van der Waals surface area contributed by atoms with Crippen LogP contribution in [0.2, 0.25) is 0 Å². The molecule has 116 valence electrons. The van der Waals surface area contributed by atoms with E-state index in [1.54, 1.807) is 23.3 Å². The van der Waals surface area contributed by atoms with E-state index in [1.165, 1.54) is 18.7 Å². The highest BCUT2D eigenvalue weighted by Crippen LogP contribution is 2.10. The maximum Gasteiger partial charge on any atom is 0.327 e. The third kappa shape index (κ3) is 6.63. The van der Waals surface area contributed by atoms with E-state index in [0.717, 1.165) is 5.56 Å². The largest absolute Gasteiger partial charge is 0.480 e. The van der Waals surface area contributed by atoms with Gasteiger partial charge in [0, 0.05) is 26.3 Å². The van der Waals surface area contributed by atoms with E-state index in [0.29, 0.717) is 6.54 Å². The third-order valence-electron chi connectivity index (χ3n) is 2.61. The van der Waals surface area contributed by atoms with Crippen LogP contribution < -0.4 is 5.32 Å². The van der Waals surface area contributed by atoms with Crippen LogP contribution in [0.25, 0.3) is 0 Å². The summed E-state index contributed by atoms with van der Waals surface area (Å²) >= 11 is 2.77. The van der Waals surface area contributed by atoms with E-state index in [2.05, 4.69) is 5.32 Å². The Morgan fingerprint density at radius 3 is 2.71 bits per heavy atom. The molecule has 8 heteroatoms. The molecule has 1 heterocycles. The number of carbonyl (C=O) groups is 3. The molecule has 1 aromatic rings. The molecule has 0 saturated carbocycles. The summed E-state index contributed by atoms with van der Waals surface area (Å²) in [5.74, 6) is -1.23. The molecule has 0 bridgehead atoms. The van der Waals surface area contributed by atoms with Gasteiger partial charge in [-0.05, 0) is 22.4 Å². The van der Waals surface area contributed by atoms with Gasteiger partial charge in [0.05, 0.1) is 5.75 Å². The van der Waals surface area contributed by atoms with E-state index >= 15 is 0 Å². The standard InChI is InChI=1S/C13H18N2O4S2/c1-9(16)14-11(13(18)19)7-21-8-12(17)15(2)5-10-3-4-20-6-10/h3-4,6,11H,5,7-8H2,1-2H3,(H,14,16)(H,18,19)/t11-/m0/s1. The molecule has 0 aliphatic carbocycles. The summed E-state index contributed by atoms with van der Waals surface area (Å²) in [6.45, 7) is 1.80. The maximum atomic E-state index is 11.9. The van der Waals surface area contributed by atoms with Crippen LogP contribution in [0.1, 0.15) is 12.5 Å². The van der Waals surface area contributed by atoms with Crippen molar-refractivity contribution in [2.75, 3.05) is 18.6 Å². The van der Waals surface area contributed by atoms with Crippen molar-refractivity contribution in [3.63, 3.8) is 0 Å². The lowest BCUT2D eigenvalue weighted by Gasteiger charge is -2.17. The van der Waals surface area contributed by atoms with Gasteiger partial charge in [-0.25, -0.2) is 4.79 Å². The average molecular weight is 330 g/mol. The molecule has 2 amide bonds. The minimum absolute atomic E-state index is 0.0711. The second-order valence-electron chi connectivity index (χ2n) is 4.49. The molecule has 0 radical (unpaired) electrons.